The van der Waals surface area contributed by atoms with Gasteiger partial charge in [0, 0.05) is 32.9 Å². The molecule has 0 amide bonds. The van der Waals surface area contributed by atoms with Crippen LogP contribution in [-0.2, 0) is 0 Å². The highest BCUT2D eigenvalue weighted by atomic mass is 15.0. The fourth-order valence-electron chi connectivity index (χ4n) is 7.83. The predicted octanol–water partition coefficient (Wildman–Crippen LogP) is 12.9. The molecule has 0 radical (unpaired) electrons. The molecule has 0 atom stereocenters. The smallest absolute Gasteiger partial charge is 0.0547 e. The van der Waals surface area contributed by atoms with Gasteiger partial charge in [-0.3, -0.25) is 0 Å². The summed E-state index contributed by atoms with van der Waals surface area (Å²) in [6, 6.07) is 70.4. The minimum atomic E-state index is 1.16. The Morgan fingerprint density at radius 1 is 0.260 bits per heavy atom. The molecule has 0 saturated heterocycles. The fraction of sp³-hybridized carbons (Fsp3) is 0. The first-order chi connectivity index (χ1) is 24.8. The van der Waals surface area contributed by atoms with Crippen LogP contribution in [-0.4, -0.2) is 9.13 Å². The Morgan fingerprint density at radius 2 is 0.720 bits per heavy atom. The first-order valence-electron chi connectivity index (χ1n) is 17.2. The SMILES string of the molecule is c1ccc(-c2ccc(-c3cccc4c3c3cc(-c5ccc6c(c5)c5ccccc5n6-c5ccccc5)ccc3n4-c3ccccc3)cc2)cc1. The molecule has 0 aliphatic rings. The highest BCUT2D eigenvalue weighted by Gasteiger charge is 2.18. The average molecular weight is 637 g/mol. The van der Waals surface area contributed by atoms with Crippen LogP contribution in [0.2, 0.25) is 0 Å². The fourth-order valence-corrected chi connectivity index (χ4v) is 7.83. The number of hydrogen-bond donors (Lipinski definition) is 0. The minimum absolute atomic E-state index is 1.16. The molecule has 10 rings (SSSR count). The van der Waals surface area contributed by atoms with E-state index >= 15 is 0 Å². The summed E-state index contributed by atoms with van der Waals surface area (Å²) in [4.78, 5) is 0. The van der Waals surface area contributed by atoms with Crippen LogP contribution in [0, 0.1) is 0 Å². The van der Waals surface area contributed by atoms with E-state index in [0.29, 0.717) is 0 Å². The van der Waals surface area contributed by atoms with Gasteiger partial charge in [-0.15, -0.1) is 0 Å². The summed E-state index contributed by atoms with van der Waals surface area (Å²) in [5, 5.41) is 5.03. The van der Waals surface area contributed by atoms with E-state index < -0.39 is 0 Å². The summed E-state index contributed by atoms with van der Waals surface area (Å²) in [6.45, 7) is 0. The second kappa shape index (κ2) is 11.5. The lowest BCUT2D eigenvalue weighted by atomic mass is 9.95. The number of rotatable bonds is 5. The van der Waals surface area contributed by atoms with Crippen molar-refractivity contribution >= 4 is 43.6 Å². The van der Waals surface area contributed by atoms with Gasteiger partial charge in [-0.1, -0.05) is 133 Å². The van der Waals surface area contributed by atoms with E-state index in [9.17, 15) is 0 Å². The molecule has 2 heteroatoms. The van der Waals surface area contributed by atoms with Gasteiger partial charge in [0.25, 0.3) is 0 Å². The number of nitrogens with zero attached hydrogens (tertiary/aromatic N) is 2. The van der Waals surface area contributed by atoms with Gasteiger partial charge in [0.15, 0.2) is 0 Å². The Hall–Kier alpha value is -6.64. The van der Waals surface area contributed by atoms with Crippen LogP contribution < -0.4 is 0 Å². The van der Waals surface area contributed by atoms with Crippen LogP contribution in [0.25, 0.3) is 88.4 Å². The standard InChI is InChI=1S/C48H32N2/c1-4-13-33(14-5-1)34-23-25-35(26-24-34)40-20-12-22-47-48(40)43-32-37(28-30-46(43)50(47)39-17-8-3-9-18-39)36-27-29-45-42(31-36)41-19-10-11-21-44(41)49(45)38-15-6-2-7-16-38/h1-32H. The molecule has 0 unspecified atom stereocenters. The first-order valence-corrected chi connectivity index (χ1v) is 17.2. The predicted molar refractivity (Wildman–Crippen MR) is 211 cm³/mol. The van der Waals surface area contributed by atoms with E-state index in [1.54, 1.807) is 0 Å². The van der Waals surface area contributed by atoms with Gasteiger partial charge in [-0.2, -0.15) is 0 Å². The number of fused-ring (bicyclic) bond motifs is 6. The summed E-state index contributed by atoms with van der Waals surface area (Å²) < 4.78 is 4.79. The van der Waals surface area contributed by atoms with E-state index in [4.69, 9.17) is 0 Å². The zero-order chi connectivity index (χ0) is 33.0. The third-order valence-corrected chi connectivity index (χ3v) is 10.1. The van der Waals surface area contributed by atoms with Gasteiger partial charge in [0.2, 0.25) is 0 Å². The lowest BCUT2D eigenvalue weighted by molar-refractivity contribution is 1.18. The maximum atomic E-state index is 2.41. The van der Waals surface area contributed by atoms with Crippen molar-refractivity contribution in [2.75, 3.05) is 0 Å². The summed E-state index contributed by atoms with van der Waals surface area (Å²) in [6.07, 6.45) is 0. The Bertz CT molecular complexity index is 2820. The van der Waals surface area contributed by atoms with Crippen molar-refractivity contribution in [2.45, 2.75) is 0 Å². The number of benzene rings is 8. The molecule has 0 bridgehead atoms. The number of aromatic nitrogens is 2. The summed E-state index contributed by atoms with van der Waals surface area (Å²) in [5.74, 6) is 0. The van der Waals surface area contributed by atoms with Crippen LogP contribution >= 0.6 is 0 Å². The van der Waals surface area contributed by atoms with Crippen LogP contribution in [0.3, 0.4) is 0 Å². The van der Waals surface area contributed by atoms with E-state index in [-0.39, 0.29) is 0 Å². The second-order valence-corrected chi connectivity index (χ2v) is 13.0. The summed E-state index contributed by atoms with van der Waals surface area (Å²) >= 11 is 0. The highest BCUT2D eigenvalue weighted by molar-refractivity contribution is 6.17. The Labute approximate surface area is 290 Å². The monoisotopic (exact) mass is 636 g/mol. The quantitative estimate of drug-likeness (QED) is 0.178. The van der Waals surface area contributed by atoms with Gasteiger partial charge in [-0.05, 0) is 94.0 Å². The van der Waals surface area contributed by atoms with Gasteiger partial charge < -0.3 is 9.13 Å². The third-order valence-electron chi connectivity index (χ3n) is 10.1. The van der Waals surface area contributed by atoms with Gasteiger partial charge in [0.1, 0.15) is 0 Å². The highest BCUT2D eigenvalue weighted by Crippen LogP contribution is 2.41. The van der Waals surface area contributed by atoms with Gasteiger partial charge in [-0.25, -0.2) is 0 Å². The Morgan fingerprint density at radius 3 is 1.40 bits per heavy atom. The normalized spacial score (nSPS) is 11.6. The van der Waals surface area contributed by atoms with Crippen LogP contribution in [0.1, 0.15) is 0 Å². The van der Waals surface area contributed by atoms with Gasteiger partial charge >= 0.3 is 0 Å². The van der Waals surface area contributed by atoms with Crippen molar-refractivity contribution in [1.29, 1.82) is 0 Å². The zero-order valence-corrected chi connectivity index (χ0v) is 27.4. The van der Waals surface area contributed by atoms with Crippen molar-refractivity contribution < 1.29 is 0 Å². The molecule has 0 N–H and O–H groups in total. The Balaban J connectivity index is 1.19. The lowest BCUT2D eigenvalue weighted by Gasteiger charge is -2.09. The molecule has 8 aromatic carbocycles. The third kappa shape index (κ3) is 4.50. The largest absolute Gasteiger partial charge is 0.309 e. The van der Waals surface area contributed by atoms with Gasteiger partial charge in [0.05, 0.1) is 22.1 Å². The van der Waals surface area contributed by atoms with Crippen molar-refractivity contribution in [3.8, 4) is 44.8 Å². The topological polar surface area (TPSA) is 9.86 Å². The summed E-state index contributed by atoms with van der Waals surface area (Å²) in [5.41, 5.74) is 14.5. The van der Waals surface area contributed by atoms with Crippen molar-refractivity contribution in [3.63, 3.8) is 0 Å². The molecule has 0 aliphatic heterocycles. The van der Waals surface area contributed by atoms with E-state index in [2.05, 4.69) is 203 Å². The first kappa shape index (κ1) is 28.4. The molecule has 0 saturated carbocycles. The summed E-state index contributed by atoms with van der Waals surface area (Å²) in [7, 11) is 0. The lowest BCUT2D eigenvalue weighted by Crippen LogP contribution is -1.93. The number of para-hydroxylation sites is 3. The minimum Gasteiger partial charge on any atom is -0.309 e. The molecule has 50 heavy (non-hydrogen) atoms. The van der Waals surface area contributed by atoms with E-state index in [1.165, 1.54) is 82.7 Å². The molecule has 0 fully saturated rings. The van der Waals surface area contributed by atoms with Crippen molar-refractivity contribution in [3.05, 3.63) is 194 Å². The second-order valence-electron chi connectivity index (χ2n) is 13.0. The maximum Gasteiger partial charge on any atom is 0.0547 e. The van der Waals surface area contributed by atoms with E-state index in [0.717, 1.165) is 5.69 Å². The Kier molecular flexibility index (Phi) is 6.53. The van der Waals surface area contributed by atoms with Crippen molar-refractivity contribution in [1.82, 2.24) is 9.13 Å². The molecule has 10 aromatic rings. The maximum absolute atomic E-state index is 2.41. The number of hydrogen-bond acceptors (Lipinski definition) is 0. The molecule has 2 aromatic heterocycles. The van der Waals surface area contributed by atoms with Crippen LogP contribution in [0.15, 0.2) is 194 Å². The molecule has 234 valence electrons. The molecule has 0 aliphatic carbocycles. The molecular formula is C48H32N2. The van der Waals surface area contributed by atoms with E-state index in [1.807, 2.05) is 0 Å². The van der Waals surface area contributed by atoms with Crippen molar-refractivity contribution in [2.24, 2.45) is 0 Å². The molecule has 2 nitrogen and oxygen atoms in total. The van der Waals surface area contributed by atoms with Crippen LogP contribution in [0.5, 0.6) is 0 Å². The van der Waals surface area contributed by atoms with Crippen LogP contribution in [0.4, 0.5) is 0 Å². The molecule has 0 spiro atoms. The molecular weight excluding hydrogens is 605 g/mol. The zero-order valence-electron chi connectivity index (χ0n) is 27.4. The molecule has 2 heterocycles. The average Bonchev–Trinajstić information content (AvgIpc) is 3.71.